The van der Waals surface area contributed by atoms with Gasteiger partial charge in [-0.3, -0.25) is 9.78 Å². The van der Waals surface area contributed by atoms with E-state index in [1.807, 2.05) is 24.3 Å². The summed E-state index contributed by atoms with van der Waals surface area (Å²) in [6, 6.07) is 7.39. The summed E-state index contributed by atoms with van der Waals surface area (Å²) in [4.78, 5) is 29.1. The molecule has 1 N–H and O–H groups in total. The van der Waals surface area contributed by atoms with Crippen molar-refractivity contribution in [3.63, 3.8) is 0 Å². The number of likely N-dealkylation sites (N-methyl/N-ethyl adjacent to an activating group) is 1. The Morgan fingerprint density at radius 1 is 1.20 bits per heavy atom. The van der Waals surface area contributed by atoms with E-state index in [1.165, 1.54) is 32.0 Å². The highest BCUT2D eigenvalue weighted by Gasteiger charge is 2.36. The molecule has 20 heavy (non-hydrogen) atoms. The number of rotatable bonds is 3. The molecule has 0 fully saturated rings. The van der Waals surface area contributed by atoms with Crippen LogP contribution in [0, 0.1) is 0 Å². The second-order valence-electron chi connectivity index (χ2n) is 5.14. The van der Waals surface area contributed by atoms with Crippen LogP contribution in [0.3, 0.4) is 0 Å². The van der Waals surface area contributed by atoms with E-state index in [-0.39, 0.29) is 5.91 Å². The van der Waals surface area contributed by atoms with Crippen LogP contribution in [0.2, 0.25) is 0 Å². The molecule has 1 amide bonds. The Balaban J connectivity index is 2.49. The maximum Gasteiger partial charge on any atom is 0.329 e. The number of aromatic nitrogens is 1. The number of hydrogen-bond donors (Lipinski definition) is 1. The summed E-state index contributed by atoms with van der Waals surface area (Å²) in [6.07, 6.45) is 3.15. The molecule has 0 atom stereocenters. The molecular formula is C15H16N2O3. The van der Waals surface area contributed by atoms with E-state index in [9.17, 15) is 14.7 Å². The third kappa shape index (κ3) is 2.22. The Morgan fingerprint density at radius 3 is 2.50 bits per heavy atom. The molecule has 5 nitrogen and oxygen atoms in total. The monoisotopic (exact) mass is 272 g/mol. The van der Waals surface area contributed by atoms with Gasteiger partial charge in [-0.1, -0.05) is 24.3 Å². The number of carbonyl (C=O) groups excluding carboxylic acids is 1. The van der Waals surface area contributed by atoms with Crippen molar-refractivity contribution in [1.29, 1.82) is 0 Å². The smallest absolute Gasteiger partial charge is 0.329 e. The number of aliphatic carboxylic acids is 1. The number of hydrogen-bond acceptors (Lipinski definition) is 3. The minimum absolute atomic E-state index is 0.360. The summed E-state index contributed by atoms with van der Waals surface area (Å²) in [6.45, 7) is 2.98. The molecule has 0 bridgehead atoms. The summed E-state index contributed by atoms with van der Waals surface area (Å²) < 4.78 is 0. The van der Waals surface area contributed by atoms with Crippen LogP contribution in [-0.2, 0) is 4.79 Å². The quantitative estimate of drug-likeness (QED) is 0.929. The van der Waals surface area contributed by atoms with E-state index < -0.39 is 11.5 Å². The lowest BCUT2D eigenvalue weighted by Gasteiger charge is -2.31. The number of amides is 1. The summed E-state index contributed by atoms with van der Waals surface area (Å²) in [5, 5.41) is 10.8. The van der Waals surface area contributed by atoms with Gasteiger partial charge in [0.1, 0.15) is 5.54 Å². The van der Waals surface area contributed by atoms with Gasteiger partial charge in [0.2, 0.25) is 0 Å². The molecule has 0 saturated heterocycles. The largest absolute Gasteiger partial charge is 0.480 e. The molecule has 2 aromatic rings. The predicted molar refractivity (Wildman–Crippen MR) is 75.6 cm³/mol. The number of pyridine rings is 1. The molecule has 2 rings (SSSR count). The molecule has 5 heteroatoms. The molecule has 0 aliphatic carbocycles. The van der Waals surface area contributed by atoms with Crippen molar-refractivity contribution in [2.45, 2.75) is 19.4 Å². The molecule has 1 heterocycles. The highest BCUT2D eigenvalue weighted by atomic mass is 16.4. The zero-order valence-electron chi connectivity index (χ0n) is 11.6. The highest BCUT2D eigenvalue weighted by Crippen LogP contribution is 2.22. The van der Waals surface area contributed by atoms with Crippen molar-refractivity contribution >= 4 is 22.6 Å². The van der Waals surface area contributed by atoms with E-state index in [0.717, 1.165) is 10.8 Å². The first-order chi connectivity index (χ1) is 9.35. The average molecular weight is 272 g/mol. The predicted octanol–water partition coefficient (Wildman–Crippen LogP) is 2.17. The molecule has 0 aliphatic rings. The van der Waals surface area contributed by atoms with Crippen molar-refractivity contribution in [3.05, 3.63) is 42.2 Å². The Morgan fingerprint density at radius 2 is 1.85 bits per heavy atom. The van der Waals surface area contributed by atoms with E-state index in [0.29, 0.717) is 5.56 Å². The van der Waals surface area contributed by atoms with E-state index >= 15 is 0 Å². The van der Waals surface area contributed by atoms with Gasteiger partial charge in [-0.05, 0) is 19.2 Å². The van der Waals surface area contributed by atoms with Gasteiger partial charge in [0.25, 0.3) is 5.91 Å². The van der Waals surface area contributed by atoms with Gasteiger partial charge in [-0.25, -0.2) is 4.79 Å². The number of nitrogens with zero attached hydrogens (tertiary/aromatic N) is 2. The standard InChI is InChI=1S/C15H16N2O3/c1-15(2,14(19)20)17(3)13(18)12-9-16-8-10-6-4-5-7-11(10)12/h4-9H,1-3H3,(H,19,20). The molecule has 0 unspecified atom stereocenters. The van der Waals surface area contributed by atoms with Crippen LogP contribution in [0.1, 0.15) is 24.2 Å². The van der Waals surface area contributed by atoms with Gasteiger partial charge in [0.05, 0.1) is 5.56 Å². The molecule has 1 aromatic carbocycles. The SMILES string of the molecule is CN(C(=O)c1cncc2ccccc12)C(C)(C)C(=O)O. The number of carbonyl (C=O) groups is 2. The topological polar surface area (TPSA) is 70.5 Å². The van der Waals surface area contributed by atoms with Gasteiger partial charge < -0.3 is 10.0 Å². The van der Waals surface area contributed by atoms with Crippen LogP contribution < -0.4 is 0 Å². The van der Waals surface area contributed by atoms with E-state index in [1.54, 1.807) is 6.20 Å². The van der Waals surface area contributed by atoms with Gasteiger partial charge in [-0.2, -0.15) is 0 Å². The Labute approximate surface area is 116 Å². The van der Waals surface area contributed by atoms with Gasteiger partial charge in [0, 0.05) is 24.8 Å². The molecule has 0 spiro atoms. The van der Waals surface area contributed by atoms with Gasteiger partial charge >= 0.3 is 5.97 Å². The van der Waals surface area contributed by atoms with Crippen molar-refractivity contribution in [2.75, 3.05) is 7.05 Å². The second kappa shape index (κ2) is 4.92. The number of fused-ring (bicyclic) bond motifs is 1. The molecule has 0 saturated carbocycles. The van der Waals surface area contributed by atoms with Gasteiger partial charge in [-0.15, -0.1) is 0 Å². The minimum Gasteiger partial charge on any atom is -0.480 e. The fourth-order valence-electron chi connectivity index (χ4n) is 1.86. The zero-order chi connectivity index (χ0) is 14.9. The first kappa shape index (κ1) is 14.0. The number of benzene rings is 1. The van der Waals surface area contributed by atoms with Gasteiger partial charge in [0.15, 0.2) is 0 Å². The lowest BCUT2D eigenvalue weighted by molar-refractivity contribution is -0.147. The molecule has 104 valence electrons. The van der Waals surface area contributed by atoms with Crippen molar-refractivity contribution in [1.82, 2.24) is 9.88 Å². The number of carboxylic acids is 1. The normalized spacial score (nSPS) is 11.3. The average Bonchev–Trinajstić information content (AvgIpc) is 2.44. The zero-order valence-corrected chi connectivity index (χ0v) is 11.6. The molecule has 0 aliphatic heterocycles. The number of carboxylic acid groups (broad SMARTS) is 1. The van der Waals surface area contributed by atoms with Crippen LogP contribution in [0.4, 0.5) is 0 Å². The summed E-state index contributed by atoms with van der Waals surface area (Å²) in [5.41, 5.74) is -0.881. The third-order valence-corrected chi connectivity index (χ3v) is 3.57. The van der Waals surface area contributed by atoms with Crippen molar-refractivity contribution in [3.8, 4) is 0 Å². The third-order valence-electron chi connectivity index (χ3n) is 3.57. The van der Waals surface area contributed by atoms with Crippen molar-refractivity contribution in [2.24, 2.45) is 0 Å². The fourth-order valence-corrected chi connectivity index (χ4v) is 1.86. The molecular weight excluding hydrogens is 256 g/mol. The van der Waals surface area contributed by atoms with E-state index in [2.05, 4.69) is 4.98 Å². The Hall–Kier alpha value is -2.43. The Bertz CT molecular complexity index is 674. The Kier molecular flexibility index (Phi) is 3.44. The summed E-state index contributed by atoms with van der Waals surface area (Å²) >= 11 is 0. The first-order valence-electron chi connectivity index (χ1n) is 6.20. The van der Waals surface area contributed by atoms with Crippen LogP contribution in [0.25, 0.3) is 10.8 Å². The van der Waals surface area contributed by atoms with Crippen LogP contribution >= 0.6 is 0 Å². The lowest BCUT2D eigenvalue weighted by atomic mass is 10.0. The highest BCUT2D eigenvalue weighted by molar-refractivity contribution is 6.07. The first-order valence-corrected chi connectivity index (χ1v) is 6.20. The minimum atomic E-state index is -1.28. The van der Waals surface area contributed by atoms with E-state index in [4.69, 9.17) is 0 Å². The van der Waals surface area contributed by atoms with Crippen LogP contribution in [0.5, 0.6) is 0 Å². The fraction of sp³-hybridized carbons (Fsp3) is 0.267. The molecule has 1 aromatic heterocycles. The second-order valence-corrected chi connectivity index (χ2v) is 5.14. The summed E-state index contributed by atoms with van der Waals surface area (Å²) in [5.74, 6) is -1.41. The van der Waals surface area contributed by atoms with Crippen molar-refractivity contribution < 1.29 is 14.7 Å². The maximum absolute atomic E-state index is 12.5. The maximum atomic E-state index is 12.5. The summed E-state index contributed by atoms with van der Waals surface area (Å²) in [7, 11) is 1.48. The lowest BCUT2D eigenvalue weighted by Crippen LogP contribution is -2.50. The van der Waals surface area contributed by atoms with Crippen LogP contribution in [0.15, 0.2) is 36.7 Å². The van der Waals surface area contributed by atoms with Crippen LogP contribution in [-0.4, -0.2) is 39.5 Å². The molecule has 0 radical (unpaired) electrons.